The molecular formula is C12H14N4O4S. The van der Waals surface area contributed by atoms with Crippen LogP contribution in [0.4, 0.5) is 0 Å². The molecule has 0 aliphatic carbocycles. The molecule has 2 aromatic rings. The monoisotopic (exact) mass is 310 g/mol. The van der Waals surface area contributed by atoms with Crippen molar-refractivity contribution in [3.63, 3.8) is 0 Å². The molecule has 3 rings (SSSR count). The van der Waals surface area contributed by atoms with Crippen molar-refractivity contribution in [3.8, 4) is 0 Å². The highest BCUT2D eigenvalue weighted by Crippen LogP contribution is 2.17. The predicted molar refractivity (Wildman–Crippen MR) is 72.3 cm³/mol. The summed E-state index contributed by atoms with van der Waals surface area (Å²) in [7, 11) is -3.52. The molecule has 0 aromatic carbocycles. The zero-order valence-electron chi connectivity index (χ0n) is 11.4. The van der Waals surface area contributed by atoms with Crippen molar-refractivity contribution >= 4 is 9.84 Å². The largest absolute Gasteiger partial charge is 0.447 e. The van der Waals surface area contributed by atoms with Gasteiger partial charge < -0.3 is 4.42 Å². The third-order valence-electron chi connectivity index (χ3n) is 3.34. The average molecular weight is 310 g/mol. The summed E-state index contributed by atoms with van der Waals surface area (Å²) in [5.41, 5.74) is 0.656. The minimum atomic E-state index is -3.52. The Hall–Kier alpha value is -2.00. The number of nitrogens with zero attached hydrogens (tertiary/aromatic N) is 3. The third kappa shape index (κ3) is 2.88. The first-order chi connectivity index (χ1) is 9.93. The van der Waals surface area contributed by atoms with Crippen LogP contribution in [0, 0.1) is 0 Å². The molecule has 0 fully saturated rings. The zero-order chi connectivity index (χ0) is 15.0. The Morgan fingerprint density at radius 1 is 1.48 bits per heavy atom. The molecule has 112 valence electrons. The minimum absolute atomic E-state index is 0.269. The molecule has 9 heteroatoms. The van der Waals surface area contributed by atoms with Crippen LogP contribution < -0.4 is 5.56 Å². The van der Waals surface area contributed by atoms with Crippen LogP contribution in [-0.2, 0) is 29.3 Å². The summed E-state index contributed by atoms with van der Waals surface area (Å²) < 4.78 is 28.2. The molecule has 1 N–H and O–H groups in total. The van der Waals surface area contributed by atoms with Gasteiger partial charge >= 0.3 is 0 Å². The van der Waals surface area contributed by atoms with E-state index in [-0.39, 0.29) is 5.16 Å². The fourth-order valence-corrected chi connectivity index (χ4v) is 2.86. The van der Waals surface area contributed by atoms with Crippen LogP contribution in [-0.4, -0.2) is 41.1 Å². The van der Waals surface area contributed by atoms with Gasteiger partial charge in [0.1, 0.15) is 5.76 Å². The van der Waals surface area contributed by atoms with Gasteiger partial charge in [0.2, 0.25) is 15.0 Å². The topological polar surface area (TPSA) is 109 Å². The first-order valence-corrected chi connectivity index (χ1v) is 8.24. The summed E-state index contributed by atoms with van der Waals surface area (Å²) in [5, 5.41) is -0.269. The van der Waals surface area contributed by atoms with Crippen molar-refractivity contribution in [1.29, 1.82) is 0 Å². The maximum Gasteiger partial charge on any atom is 0.256 e. The van der Waals surface area contributed by atoms with Crippen LogP contribution in [0.1, 0.15) is 17.0 Å². The van der Waals surface area contributed by atoms with Gasteiger partial charge in [0.05, 0.1) is 24.0 Å². The lowest BCUT2D eigenvalue weighted by molar-refractivity contribution is 0.221. The van der Waals surface area contributed by atoms with Crippen molar-refractivity contribution in [1.82, 2.24) is 19.9 Å². The van der Waals surface area contributed by atoms with E-state index in [1.807, 2.05) is 4.90 Å². The number of hydrogen-bond donors (Lipinski definition) is 1. The average Bonchev–Trinajstić information content (AvgIpc) is 2.91. The molecule has 0 atom stereocenters. The lowest BCUT2D eigenvalue weighted by Crippen LogP contribution is -2.36. The molecule has 0 unspecified atom stereocenters. The first-order valence-electron chi connectivity index (χ1n) is 6.35. The number of sulfone groups is 1. The molecule has 8 nitrogen and oxygen atoms in total. The standard InChI is InChI=1S/C12H14N4O4S/c1-21(18,19)12-14-10-2-3-16(5-8-4-13-7-20-8)6-9(10)11(17)15-12/h4,7H,2-3,5-6H2,1H3,(H,14,15,17). The number of H-pyrrole nitrogens is 1. The van der Waals surface area contributed by atoms with E-state index in [2.05, 4.69) is 15.0 Å². The van der Waals surface area contributed by atoms with Crippen molar-refractivity contribution in [2.75, 3.05) is 12.8 Å². The SMILES string of the molecule is CS(=O)(=O)c1nc2c(c(=O)[nH]1)CN(Cc1cnco1)CC2. The molecule has 0 amide bonds. The zero-order valence-corrected chi connectivity index (χ0v) is 12.2. The van der Waals surface area contributed by atoms with Gasteiger partial charge in [-0.05, 0) is 0 Å². The fraction of sp³-hybridized carbons (Fsp3) is 0.417. The minimum Gasteiger partial charge on any atom is -0.447 e. The second-order valence-corrected chi connectivity index (χ2v) is 6.93. The number of rotatable bonds is 3. The Balaban J connectivity index is 1.88. The van der Waals surface area contributed by atoms with E-state index >= 15 is 0 Å². The van der Waals surface area contributed by atoms with Gasteiger partial charge in [-0.25, -0.2) is 18.4 Å². The Labute approximate surface area is 120 Å². The predicted octanol–water partition coefficient (Wildman–Crippen LogP) is -0.280. The third-order valence-corrected chi connectivity index (χ3v) is 4.24. The fourth-order valence-electron chi connectivity index (χ4n) is 2.31. The number of aromatic amines is 1. The van der Waals surface area contributed by atoms with Crippen LogP contribution in [0.2, 0.25) is 0 Å². The Bertz CT molecular complexity index is 810. The Morgan fingerprint density at radius 3 is 2.95 bits per heavy atom. The quantitative estimate of drug-likeness (QED) is 0.776. The second kappa shape index (κ2) is 5.08. The molecular weight excluding hydrogens is 296 g/mol. The van der Waals surface area contributed by atoms with Crippen LogP contribution in [0.25, 0.3) is 0 Å². The summed E-state index contributed by atoms with van der Waals surface area (Å²) in [4.78, 5) is 24.3. The van der Waals surface area contributed by atoms with E-state index in [1.54, 1.807) is 6.20 Å². The second-order valence-electron chi connectivity index (χ2n) is 5.00. The number of aromatic nitrogens is 3. The van der Waals surface area contributed by atoms with E-state index in [4.69, 9.17) is 4.42 Å². The normalized spacial score (nSPS) is 15.9. The van der Waals surface area contributed by atoms with Gasteiger partial charge in [-0.2, -0.15) is 0 Å². The first kappa shape index (κ1) is 14.0. The number of nitrogens with one attached hydrogen (secondary N) is 1. The van der Waals surface area contributed by atoms with E-state index in [0.717, 1.165) is 12.0 Å². The summed E-state index contributed by atoms with van der Waals surface area (Å²) in [6.07, 6.45) is 4.54. The van der Waals surface area contributed by atoms with Crippen LogP contribution in [0.15, 0.2) is 27.0 Å². The van der Waals surface area contributed by atoms with Gasteiger partial charge in [0.15, 0.2) is 6.39 Å². The highest BCUT2D eigenvalue weighted by molar-refractivity contribution is 7.90. The van der Waals surface area contributed by atoms with Gasteiger partial charge in [-0.15, -0.1) is 0 Å². The highest BCUT2D eigenvalue weighted by atomic mass is 32.2. The number of fused-ring (bicyclic) bond motifs is 1. The van der Waals surface area contributed by atoms with Gasteiger partial charge in [0.25, 0.3) is 5.56 Å². The van der Waals surface area contributed by atoms with Gasteiger partial charge in [0, 0.05) is 25.8 Å². The van der Waals surface area contributed by atoms with E-state index in [0.29, 0.717) is 37.3 Å². The number of hydrogen-bond acceptors (Lipinski definition) is 7. The summed E-state index contributed by atoms with van der Waals surface area (Å²) in [5.74, 6) is 0.718. The lowest BCUT2D eigenvalue weighted by atomic mass is 10.1. The summed E-state index contributed by atoms with van der Waals surface area (Å²) in [6, 6.07) is 0. The molecule has 0 saturated carbocycles. The molecule has 2 aromatic heterocycles. The van der Waals surface area contributed by atoms with E-state index < -0.39 is 15.4 Å². The van der Waals surface area contributed by atoms with Gasteiger partial charge in [-0.1, -0.05) is 0 Å². The van der Waals surface area contributed by atoms with Crippen molar-refractivity contribution in [2.24, 2.45) is 0 Å². The van der Waals surface area contributed by atoms with Crippen molar-refractivity contribution in [2.45, 2.75) is 24.7 Å². The molecule has 1 aliphatic heterocycles. The molecule has 0 radical (unpaired) electrons. The maximum absolute atomic E-state index is 12.1. The van der Waals surface area contributed by atoms with Crippen LogP contribution in [0.5, 0.6) is 0 Å². The summed E-state index contributed by atoms with van der Waals surface area (Å²) in [6.45, 7) is 1.63. The molecule has 3 heterocycles. The molecule has 21 heavy (non-hydrogen) atoms. The van der Waals surface area contributed by atoms with Gasteiger partial charge in [-0.3, -0.25) is 14.7 Å². The van der Waals surface area contributed by atoms with Crippen molar-refractivity contribution < 1.29 is 12.8 Å². The smallest absolute Gasteiger partial charge is 0.256 e. The van der Waals surface area contributed by atoms with Crippen LogP contribution in [0.3, 0.4) is 0 Å². The molecule has 0 spiro atoms. The highest BCUT2D eigenvalue weighted by Gasteiger charge is 2.23. The molecule has 0 bridgehead atoms. The van der Waals surface area contributed by atoms with Crippen LogP contribution >= 0.6 is 0 Å². The number of oxazole rings is 1. The summed E-state index contributed by atoms with van der Waals surface area (Å²) >= 11 is 0. The molecule has 1 aliphatic rings. The Kier molecular flexibility index (Phi) is 3.38. The van der Waals surface area contributed by atoms with E-state index in [1.165, 1.54) is 6.39 Å². The Morgan fingerprint density at radius 2 is 2.29 bits per heavy atom. The maximum atomic E-state index is 12.1. The van der Waals surface area contributed by atoms with E-state index in [9.17, 15) is 13.2 Å². The molecule has 0 saturated heterocycles. The lowest BCUT2D eigenvalue weighted by Gasteiger charge is -2.26. The van der Waals surface area contributed by atoms with Crippen molar-refractivity contribution in [3.05, 3.63) is 40.0 Å².